The lowest BCUT2D eigenvalue weighted by molar-refractivity contribution is 0.0950. The number of benzene rings is 1. The topological polar surface area (TPSA) is 46.9 Å². The lowest BCUT2D eigenvalue weighted by Gasteiger charge is -2.32. The molecule has 1 aromatic carbocycles. The van der Waals surface area contributed by atoms with Crippen LogP contribution in [-0.4, -0.2) is 28.7 Å². The maximum Gasteiger partial charge on any atom is 0.173 e. The first-order valence-electron chi connectivity index (χ1n) is 9.40. The van der Waals surface area contributed by atoms with Crippen molar-refractivity contribution in [3.63, 3.8) is 0 Å². The molecule has 0 unspecified atom stereocenters. The van der Waals surface area contributed by atoms with E-state index in [9.17, 15) is 9.18 Å². The molecular weight excluding hydrogens is 432 g/mol. The molecule has 8 heteroatoms. The summed E-state index contributed by atoms with van der Waals surface area (Å²) in [5, 5.41) is 8.49. The first kappa shape index (κ1) is 20.5. The van der Waals surface area contributed by atoms with E-state index in [0.717, 1.165) is 30.0 Å². The molecule has 152 valence electrons. The third kappa shape index (κ3) is 4.26. The Balaban J connectivity index is 1.56. The lowest BCUT2D eigenvalue weighted by atomic mass is 9.78. The number of ketones is 1. The van der Waals surface area contributed by atoms with Crippen molar-refractivity contribution in [1.82, 2.24) is 15.1 Å². The Hall–Kier alpha value is -1.73. The number of nitrogens with zero attached hydrogens (tertiary/aromatic N) is 2. The van der Waals surface area contributed by atoms with Gasteiger partial charge in [0.2, 0.25) is 0 Å². The van der Waals surface area contributed by atoms with E-state index in [4.69, 9.17) is 23.2 Å². The van der Waals surface area contributed by atoms with Crippen LogP contribution in [0.5, 0.6) is 0 Å². The second-order valence-corrected chi connectivity index (χ2v) is 9.16. The minimum absolute atomic E-state index is 0.0385. The Morgan fingerprint density at radius 2 is 2.17 bits per heavy atom. The summed E-state index contributed by atoms with van der Waals surface area (Å²) in [6.07, 6.45) is 2.82. The molecule has 4 rings (SSSR count). The molecule has 1 aliphatic heterocycles. The molecule has 1 N–H and O–H groups in total. The number of piperidine rings is 1. The van der Waals surface area contributed by atoms with Crippen LogP contribution < -0.4 is 5.32 Å². The first-order valence-corrected chi connectivity index (χ1v) is 11.0. The molecule has 1 saturated heterocycles. The van der Waals surface area contributed by atoms with Crippen LogP contribution in [0.25, 0.3) is 10.6 Å². The fourth-order valence-corrected chi connectivity index (χ4v) is 5.77. The number of hydrogen-bond donors (Lipinski definition) is 1. The predicted molar refractivity (Wildman–Crippen MR) is 116 cm³/mol. The largest absolute Gasteiger partial charge is 0.316 e. The SMILES string of the molecule is Cn1ncc(Cl)c1-c1sc(C(=O)C[C@@H]2CNCC[C@H]2c2cccc(F)c2)cc1Cl. The molecule has 4 nitrogen and oxygen atoms in total. The number of hydrogen-bond acceptors (Lipinski definition) is 4. The van der Waals surface area contributed by atoms with Gasteiger partial charge in [-0.25, -0.2) is 4.39 Å². The van der Waals surface area contributed by atoms with Gasteiger partial charge < -0.3 is 5.32 Å². The molecule has 1 fully saturated rings. The Morgan fingerprint density at radius 1 is 1.34 bits per heavy atom. The summed E-state index contributed by atoms with van der Waals surface area (Å²) in [5.41, 5.74) is 1.66. The van der Waals surface area contributed by atoms with E-state index in [1.165, 1.54) is 17.4 Å². The molecule has 0 bridgehead atoms. The van der Waals surface area contributed by atoms with Gasteiger partial charge in [0.25, 0.3) is 0 Å². The summed E-state index contributed by atoms with van der Waals surface area (Å²) in [7, 11) is 1.79. The Kier molecular flexibility index (Phi) is 6.06. The smallest absolute Gasteiger partial charge is 0.173 e. The first-order chi connectivity index (χ1) is 13.9. The number of aromatic nitrogens is 2. The third-order valence-corrected chi connectivity index (χ3v) is 7.27. The predicted octanol–water partition coefficient (Wildman–Crippen LogP) is 5.56. The summed E-state index contributed by atoms with van der Waals surface area (Å²) < 4.78 is 15.4. The van der Waals surface area contributed by atoms with E-state index in [1.54, 1.807) is 36.1 Å². The molecule has 1 aliphatic rings. The van der Waals surface area contributed by atoms with Crippen molar-refractivity contribution >= 4 is 40.3 Å². The highest BCUT2D eigenvalue weighted by Crippen LogP contribution is 2.41. The highest BCUT2D eigenvalue weighted by molar-refractivity contribution is 7.18. The maximum absolute atomic E-state index is 13.7. The van der Waals surface area contributed by atoms with Crippen molar-refractivity contribution in [2.24, 2.45) is 13.0 Å². The van der Waals surface area contributed by atoms with Crippen LogP contribution in [0.1, 0.15) is 34.0 Å². The zero-order valence-electron chi connectivity index (χ0n) is 15.8. The van der Waals surface area contributed by atoms with Gasteiger partial charge in [-0.2, -0.15) is 5.10 Å². The van der Waals surface area contributed by atoms with E-state index in [2.05, 4.69) is 10.4 Å². The summed E-state index contributed by atoms with van der Waals surface area (Å²) >= 11 is 14.0. The van der Waals surface area contributed by atoms with Crippen LogP contribution in [0, 0.1) is 11.7 Å². The normalized spacial score (nSPS) is 19.4. The second-order valence-electron chi connectivity index (χ2n) is 7.29. The van der Waals surface area contributed by atoms with E-state index >= 15 is 0 Å². The number of carbonyl (C=O) groups is 1. The van der Waals surface area contributed by atoms with Crippen molar-refractivity contribution in [2.45, 2.75) is 18.8 Å². The van der Waals surface area contributed by atoms with Gasteiger partial charge in [-0.05, 0) is 55.1 Å². The molecule has 0 saturated carbocycles. The zero-order chi connectivity index (χ0) is 20.5. The Bertz CT molecular complexity index is 1030. The highest BCUT2D eigenvalue weighted by Gasteiger charge is 2.30. The molecule has 29 heavy (non-hydrogen) atoms. The monoisotopic (exact) mass is 451 g/mol. The Labute approximate surface area is 182 Å². The summed E-state index contributed by atoms with van der Waals surface area (Å²) in [4.78, 5) is 14.4. The average Bonchev–Trinajstić information content (AvgIpc) is 3.23. The maximum atomic E-state index is 13.7. The van der Waals surface area contributed by atoms with Crippen molar-refractivity contribution in [3.05, 3.63) is 62.8 Å². The molecule has 2 aromatic heterocycles. The molecular formula is C21H20Cl2FN3OS. The van der Waals surface area contributed by atoms with Crippen molar-refractivity contribution in [2.75, 3.05) is 13.1 Å². The van der Waals surface area contributed by atoms with Crippen LogP contribution >= 0.6 is 34.5 Å². The minimum atomic E-state index is -0.242. The van der Waals surface area contributed by atoms with Gasteiger partial charge >= 0.3 is 0 Å². The molecule has 3 heterocycles. The number of nitrogens with one attached hydrogen (secondary N) is 1. The lowest BCUT2D eigenvalue weighted by Crippen LogP contribution is -2.36. The van der Waals surface area contributed by atoms with E-state index < -0.39 is 0 Å². The summed E-state index contributed by atoms with van der Waals surface area (Å²) in [6.45, 7) is 1.59. The van der Waals surface area contributed by atoms with Gasteiger partial charge in [0.15, 0.2) is 5.78 Å². The number of rotatable bonds is 5. The van der Waals surface area contributed by atoms with Crippen LogP contribution in [0.2, 0.25) is 10.0 Å². The number of thiophene rings is 1. The fourth-order valence-electron chi connectivity index (χ4n) is 3.99. The van der Waals surface area contributed by atoms with Gasteiger partial charge in [-0.3, -0.25) is 9.48 Å². The molecule has 0 aliphatic carbocycles. The van der Waals surface area contributed by atoms with Crippen molar-refractivity contribution in [3.8, 4) is 10.6 Å². The minimum Gasteiger partial charge on any atom is -0.316 e. The highest BCUT2D eigenvalue weighted by atomic mass is 35.5. The van der Waals surface area contributed by atoms with Crippen molar-refractivity contribution in [1.29, 1.82) is 0 Å². The number of halogens is 3. The standard InChI is InChI=1S/C21H20Cl2FN3OS/c1-27-20(17(23)11-26-27)21-16(22)9-19(29-21)18(28)8-13-10-25-6-5-15(13)12-3-2-4-14(24)7-12/h2-4,7,9,11,13,15,25H,5-6,8,10H2,1H3/t13-,15+/m1/s1. The molecule has 0 spiro atoms. The molecule has 2 atom stereocenters. The van der Waals surface area contributed by atoms with E-state index in [1.807, 2.05) is 6.07 Å². The number of aryl methyl sites for hydroxylation is 1. The van der Waals surface area contributed by atoms with Crippen LogP contribution in [0.4, 0.5) is 4.39 Å². The average molecular weight is 452 g/mol. The molecule has 3 aromatic rings. The van der Waals surface area contributed by atoms with Gasteiger partial charge in [0.1, 0.15) is 5.82 Å². The number of Topliss-reactive ketones (excluding diaryl/α,β-unsaturated/α-hetero) is 1. The summed E-state index contributed by atoms with van der Waals surface area (Å²) in [6, 6.07) is 8.41. The van der Waals surface area contributed by atoms with Gasteiger partial charge in [0.05, 0.1) is 31.7 Å². The molecule has 0 amide bonds. The Morgan fingerprint density at radius 3 is 2.90 bits per heavy atom. The van der Waals surface area contributed by atoms with E-state index in [-0.39, 0.29) is 23.4 Å². The second kappa shape index (κ2) is 8.56. The van der Waals surface area contributed by atoms with Gasteiger partial charge in [0, 0.05) is 13.5 Å². The van der Waals surface area contributed by atoms with Gasteiger partial charge in [-0.1, -0.05) is 35.3 Å². The van der Waals surface area contributed by atoms with Crippen LogP contribution in [0.15, 0.2) is 36.5 Å². The van der Waals surface area contributed by atoms with Crippen LogP contribution in [0.3, 0.4) is 0 Å². The summed E-state index contributed by atoms with van der Waals surface area (Å²) in [5.74, 6) is 0.0466. The quantitative estimate of drug-likeness (QED) is 0.516. The zero-order valence-corrected chi connectivity index (χ0v) is 18.1. The third-order valence-electron chi connectivity index (χ3n) is 5.40. The fraction of sp³-hybridized carbons (Fsp3) is 0.333. The molecule has 0 radical (unpaired) electrons. The number of carbonyl (C=O) groups excluding carboxylic acids is 1. The van der Waals surface area contributed by atoms with Crippen LogP contribution in [-0.2, 0) is 7.05 Å². The van der Waals surface area contributed by atoms with E-state index in [0.29, 0.717) is 27.0 Å². The van der Waals surface area contributed by atoms with Crippen molar-refractivity contribution < 1.29 is 9.18 Å². The van der Waals surface area contributed by atoms with Gasteiger partial charge in [-0.15, -0.1) is 11.3 Å².